The Morgan fingerprint density at radius 3 is 2.61 bits per heavy atom. The first-order chi connectivity index (χ1) is 13.4. The van der Waals surface area contributed by atoms with Gasteiger partial charge in [-0.2, -0.15) is 11.8 Å². The standard InChI is InChI=1S/C20H22N2O4S2/c1-14-7-9-15(10-8-14)13-26-20(23)17(11-12-27-2)21-19-16-5-3-4-6-18(16)28(24,25)22-19/h3-10,17H,11-13H2,1-2H3,(H,21,22)/t17-/m1/s1. The highest BCUT2D eigenvalue weighted by atomic mass is 32.2. The Kier molecular flexibility index (Phi) is 6.41. The number of fused-ring (bicyclic) bond motifs is 1. The van der Waals surface area contributed by atoms with Gasteiger partial charge >= 0.3 is 5.97 Å². The van der Waals surface area contributed by atoms with Crippen molar-refractivity contribution < 1.29 is 17.9 Å². The van der Waals surface area contributed by atoms with Gasteiger partial charge in [-0.1, -0.05) is 42.0 Å². The molecule has 2 aromatic carbocycles. The Morgan fingerprint density at radius 2 is 1.89 bits per heavy atom. The SMILES string of the molecule is CSCC[C@@H](N=C1NS(=O)(=O)c2ccccc21)C(=O)OCc1ccc(C)cc1. The average Bonchev–Trinajstić information content (AvgIpc) is 2.95. The molecule has 0 radical (unpaired) electrons. The van der Waals surface area contributed by atoms with Gasteiger partial charge in [-0.25, -0.2) is 13.2 Å². The molecule has 0 spiro atoms. The molecule has 0 fully saturated rings. The highest BCUT2D eigenvalue weighted by Gasteiger charge is 2.32. The molecule has 3 rings (SSSR count). The molecule has 1 aliphatic rings. The molecule has 2 aromatic rings. The minimum Gasteiger partial charge on any atom is -0.459 e. The Bertz CT molecular complexity index is 986. The van der Waals surface area contributed by atoms with E-state index in [1.165, 1.54) is 6.07 Å². The van der Waals surface area contributed by atoms with Crippen LogP contribution in [0.25, 0.3) is 0 Å². The van der Waals surface area contributed by atoms with Crippen molar-refractivity contribution in [2.24, 2.45) is 4.99 Å². The number of esters is 1. The molecule has 28 heavy (non-hydrogen) atoms. The van der Waals surface area contributed by atoms with Crippen molar-refractivity contribution in [1.29, 1.82) is 0 Å². The molecular formula is C20H22N2O4S2. The van der Waals surface area contributed by atoms with E-state index in [1.54, 1.807) is 30.0 Å². The predicted octanol–water partition coefficient (Wildman–Crippen LogP) is 2.90. The van der Waals surface area contributed by atoms with Crippen LogP contribution in [-0.2, 0) is 26.2 Å². The summed E-state index contributed by atoms with van der Waals surface area (Å²) < 4.78 is 32.4. The molecule has 1 N–H and O–H groups in total. The molecule has 1 heterocycles. The van der Waals surface area contributed by atoms with Gasteiger partial charge in [-0.3, -0.25) is 9.71 Å². The molecule has 1 aliphatic heterocycles. The number of sulfonamides is 1. The topological polar surface area (TPSA) is 84.8 Å². The first-order valence-corrected chi connectivity index (χ1v) is 11.7. The zero-order chi connectivity index (χ0) is 20.1. The predicted molar refractivity (Wildman–Crippen MR) is 111 cm³/mol. The maximum atomic E-state index is 12.6. The number of amidine groups is 1. The molecule has 0 aliphatic carbocycles. The average molecular weight is 419 g/mol. The number of hydrogen-bond donors (Lipinski definition) is 1. The monoisotopic (exact) mass is 418 g/mol. The van der Waals surface area contributed by atoms with Crippen molar-refractivity contribution in [3.63, 3.8) is 0 Å². The van der Waals surface area contributed by atoms with E-state index in [1.807, 2.05) is 37.4 Å². The lowest BCUT2D eigenvalue weighted by molar-refractivity contribution is -0.146. The fourth-order valence-corrected chi connectivity index (χ4v) is 4.48. The number of rotatable bonds is 7. The van der Waals surface area contributed by atoms with Crippen LogP contribution in [0, 0.1) is 6.92 Å². The van der Waals surface area contributed by atoms with Crippen LogP contribution in [0.3, 0.4) is 0 Å². The number of benzene rings is 2. The number of hydrogen-bond acceptors (Lipinski definition) is 6. The third-order valence-electron chi connectivity index (χ3n) is 4.32. The van der Waals surface area contributed by atoms with E-state index in [0.717, 1.165) is 11.1 Å². The lowest BCUT2D eigenvalue weighted by Crippen LogP contribution is -2.28. The number of aliphatic imine (C=N–C) groups is 1. The molecule has 8 heteroatoms. The van der Waals surface area contributed by atoms with Gasteiger partial charge in [-0.05, 0) is 43.0 Å². The fourth-order valence-electron chi connectivity index (χ4n) is 2.79. The maximum Gasteiger partial charge on any atom is 0.331 e. The molecule has 0 saturated heterocycles. The van der Waals surface area contributed by atoms with Gasteiger partial charge in [0.1, 0.15) is 12.4 Å². The number of ether oxygens (including phenoxy) is 1. The van der Waals surface area contributed by atoms with Crippen LogP contribution >= 0.6 is 11.8 Å². The van der Waals surface area contributed by atoms with Crippen molar-refractivity contribution in [2.45, 2.75) is 30.9 Å². The third-order valence-corrected chi connectivity index (χ3v) is 6.36. The Balaban J connectivity index is 1.79. The summed E-state index contributed by atoms with van der Waals surface area (Å²) in [6, 6.07) is 13.5. The van der Waals surface area contributed by atoms with E-state index < -0.39 is 22.0 Å². The van der Waals surface area contributed by atoms with Gasteiger partial charge in [0, 0.05) is 5.56 Å². The maximum absolute atomic E-state index is 12.6. The summed E-state index contributed by atoms with van der Waals surface area (Å²) in [6.07, 6.45) is 2.40. The van der Waals surface area contributed by atoms with Crippen LogP contribution in [0.2, 0.25) is 0 Å². The number of nitrogens with zero attached hydrogens (tertiary/aromatic N) is 1. The number of thioether (sulfide) groups is 1. The van der Waals surface area contributed by atoms with E-state index in [2.05, 4.69) is 9.71 Å². The second-order valence-corrected chi connectivity index (χ2v) is 9.11. The normalized spacial score (nSPS) is 17.0. The molecule has 148 valence electrons. The largest absolute Gasteiger partial charge is 0.459 e. The second kappa shape index (κ2) is 8.79. The van der Waals surface area contributed by atoms with Crippen molar-refractivity contribution in [1.82, 2.24) is 4.72 Å². The first kappa shape index (κ1) is 20.4. The summed E-state index contributed by atoms with van der Waals surface area (Å²) >= 11 is 1.59. The highest BCUT2D eigenvalue weighted by Crippen LogP contribution is 2.23. The van der Waals surface area contributed by atoms with Crippen LogP contribution in [0.1, 0.15) is 23.1 Å². The van der Waals surface area contributed by atoms with Gasteiger partial charge in [0.05, 0.1) is 4.90 Å². The van der Waals surface area contributed by atoms with Crippen molar-refractivity contribution in [3.8, 4) is 0 Å². The van der Waals surface area contributed by atoms with Gasteiger partial charge in [0.25, 0.3) is 10.0 Å². The molecule has 0 bridgehead atoms. The summed E-state index contributed by atoms with van der Waals surface area (Å²) in [5.41, 5.74) is 2.50. The number of carbonyl (C=O) groups is 1. The highest BCUT2D eigenvalue weighted by molar-refractivity contribution is 7.98. The molecule has 1 atom stereocenters. The van der Waals surface area contributed by atoms with Crippen LogP contribution in [-0.4, -0.2) is 38.3 Å². The zero-order valence-corrected chi connectivity index (χ0v) is 17.3. The molecular weight excluding hydrogens is 396 g/mol. The summed E-state index contributed by atoms with van der Waals surface area (Å²) in [5.74, 6) is 0.426. The quantitative estimate of drug-likeness (QED) is 0.699. The van der Waals surface area contributed by atoms with E-state index in [0.29, 0.717) is 17.7 Å². The Hall–Kier alpha value is -2.32. The third kappa shape index (κ3) is 4.74. The van der Waals surface area contributed by atoms with Crippen LogP contribution in [0.5, 0.6) is 0 Å². The number of nitrogens with one attached hydrogen (secondary N) is 1. The fraction of sp³-hybridized carbons (Fsp3) is 0.300. The van der Waals surface area contributed by atoms with E-state index >= 15 is 0 Å². The molecule has 0 aromatic heterocycles. The van der Waals surface area contributed by atoms with Crippen LogP contribution < -0.4 is 4.72 Å². The van der Waals surface area contributed by atoms with Crippen molar-refractivity contribution in [2.75, 3.05) is 12.0 Å². The lowest BCUT2D eigenvalue weighted by Gasteiger charge is -2.13. The summed E-state index contributed by atoms with van der Waals surface area (Å²) in [6.45, 7) is 2.15. The molecule has 6 nitrogen and oxygen atoms in total. The second-order valence-electron chi connectivity index (χ2n) is 6.47. The van der Waals surface area contributed by atoms with Gasteiger partial charge in [0.2, 0.25) is 0 Å². The Morgan fingerprint density at radius 1 is 1.18 bits per heavy atom. The zero-order valence-electron chi connectivity index (χ0n) is 15.7. The van der Waals surface area contributed by atoms with E-state index in [4.69, 9.17) is 4.74 Å². The number of carbonyl (C=O) groups excluding carboxylic acids is 1. The van der Waals surface area contributed by atoms with Gasteiger partial charge < -0.3 is 4.74 Å². The summed E-state index contributed by atoms with van der Waals surface area (Å²) in [4.78, 5) is 17.2. The lowest BCUT2D eigenvalue weighted by atomic mass is 10.1. The minimum atomic E-state index is -3.64. The van der Waals surface area contributed by atoms with Crippen LogP contribution in [0.15, 0.2) is 58.4 Å². The smallest absolute Gasteiger partial charge is 0.331 e. The van der Waals surface area contributed by atoms with Crippen molar-refractivity contribution in [3.05, 3.63) is 65.2 Å². The van der Waals surface area contributed by atoms with Gasteiger partial charge in [-0.15, -0.1) is 0 Å². The van der Waals surface area contributed by atoms with E-state index in [-0.39, 0.29) is 17.3 Å². The van der Waals surface area contributed by atoms with Gasteiger partial charge in [0.15, 0.2) is 6.04 Å². The van der Waals surface area contributed by atoms with Crippen molar-refractivity contribution >= 4 is 33.6 Å². The number of aryl methyl sites for hydroxylation is 1. The molecule has 0 saturated carbocycles. The minimum absolute atomic E-state index is 0.155. The molecule has 0 amide bonds. The molecule has 0 unspecified atom stereocenters. The van der Waals surface area contributed by atoms with Crippen LogP contribution in [0.4, 0.5) is 0 Å². The first-order valence-electron chi connectivity index (χ1n) is 8.82. The summed E-state index contributed by atoms with van der Waals surface area (Å²) in [5, 5.41) is 0. The summed E-state index contributed by atoms with van der Waals surface area (Å²) in [7, 11) is -3.64. The van der Waals surface area contributed by atoms with E-state index in [9.17, 15) is 13.2 Å². The Labute approximate surface area is 169 Å².